The Hall–Kier alpha value is -2.54. The van der Waals surface area contributed by atoms with Crippen LogP contribution in [-0.4, -0.2) is 17.2 Å². The van der Waals surface area contributed by atoms with Crippen molar-refractivity contribution in [2.24, 2.45) is 0 Å². The van der Waals surface area contributed by atoms with E-state index in [2.05, 4.69) is 10.6 Å². The van der Waals surface area contributed by atoms with E-state index in [1.54, 1.807) is 11.6 Å². The highest BCUT2D eigenvalue weighted by molar-refractivity contribution is 7.12. The Balaban J connectivity index is 1.71. The molecule has 2 heterocycles. The van der Waals surface area contributed by atoms with Crippen LogP contribution in [0.15, 0.2) is 33.5 Å². The van der Waals surface area contributed by atoms with Crippen LogP contribution < -0.4 is 10.6 Å². The van der Waals surface area contributed by atoms with Crippen LogP contribution in [0.3, 0.4) is 0 Å². The van der Waals surface area contributed by atoms with Crippen molar-refractivity contribution in [2.75, 3.05) is 5.32 Å². The first-order valence-electron chi connectivity index (χ1n) is 6.65. The molecule has 3 N–H and O–H groups in total. The summed E-state index contributed by atoms with van der Waals surface area (Å²) in [6.45, 7) is 2.42. The Kier molecular flexibility index (Phi) is 3.72. The second-order valence-electron chi connectivity index (χ2n) is 5.00. The van der Waals surface area contributed by atoms with E-state index in [0.29, 0.717) is 30.6 Å². The maximum absolute atomic E-state index is 11.7. The van der Waals surface area contributed by atoms with Gasteiger partial charge in [-0.2, -0.15) is 0 Å². The number of thiophene rings is 1. The molecular weight excluding hydrogens is 304 g/mol. The Labute approximate surface area is 130 Å². The molecule has 0 saturated heterocycles. The van der Waals surface area contributed by atoms with E-state index < -0.39 is 0 Å². The molecule has 0 saturated carbocycles. The lowest BCUT2D eigenvalue weighted by atomic mass is 9.98. The topological polar surface area (TPSA) is 91.6 Å². The van der Waals surface area contributed by atoms with Gasteiger partial charge in [0.2, 0.25) is 0 Å². The Morgan fingerprint density at radius 2 is 2.32 bits per heavy atom. The van der Waals surface area contributed by atoms with Crippen LogP contribution in [0.4, 0.5) is 5.69 Å². The quantitative estimate of drug-likeness (QED) is 0.709. The van der Waals surface area contributed by atoms with Gasteiger partial charge in [-0.1, -0.05) is 0 Å². The summed E-state index contributed by atoms with van der Waals surface area (Å²) in [6, 6.07) is 1.92. The van der Waals surface area contributed by atoms with Gasteiger partial charge < -0.3 is 20.2 Å². The number of nitrogens with one attached hydrogen (secondary N) is 2. The number of hydrogen-bond donors (Lipinski definition) is 3. The maximum Gasteiger partial charge on any atom is 0.186 e. The summed E-state index contributed by atoms with van der Waals surface area (Å²) in [7, 11) is 0. The zero-order chi connectivity index (χ0) is 15.7. The van der Waals surface area contributed by atoms with Crippen LogP contribution in [0.25, 0.3) is 0 Å². The Morgan fingerprint density at radius 1 is 1.50 bits per heavy atom. The molecule has 114 valence electrons. The molecule has 2 aromatic heterocycles. The molecule has 7 heteroatoms. The smallest absolute Gasteiger partial charge is 0.186 e. The van der Waals surface area contributed by atoms with Gasteiger partial charge in [-0.3, -0.25) is 9.59 Å². The Bertz CT molecular complexity index is 772. The number of rotatable bonds is 6. The number of carbonyl (C=O) groups is 2. The van der Waals surface area contributed by atoms with E-state index in [1.807, 2.05) is 13.0 Å². The second kappa shape index (κ2) is 5.69. The summed E-state index contributed by atoms with van der Waals surface area (Å²) in [4.78, 5) is 22.7. The molecule has 0 fully saturated rings. The van der Waals surface area contributed by atoms with Crippen LogP contribution in [-0.2, 0) is 11.3 Å². The maximum atomic E-state index is 11.7. The summed E-state index contributed by atoms with van der Waals surface area (Å²) >= 11 is 1.12. The van der Waals surface area contributed by atoms with Crippen molar-refractivity contribution in [3.63, 3.8) is 0 Å². The van der Waals surface area contributed by atoms with Gasteiger partial charge in [-0.25, -0.2) is 0 Å². The van der Waals surface area contributed by atoms with Crippen molar-refractivity contribution >= 4 is 29.1 Å². The summed E-state index contributed by atoms with van der Waals surface area (Å²) in [5.41, 5.74) is 2.58. The van der Waals surface area contributed by atoms with Crippen molar-refractivity contribution in [3.8, 4) is 5.75 Å². The summed E-state index contributed by atoms with van der Waals surface area (Å²) < 4.78 is 5.33. The number of anilines is 1. The zero-order valence-corrected chi connectivity index (χ0v) is 12.6. The third kappa shape index (κ3) is 2.62. The summed E-state index contributed by atoms with van der Waals surface area (Å²) in [6.07, 6.45) is 2.56. The third-order valence-corrected chi connectivity index (χ3v) is 4.23. The first-order valence-corrected chi connectivity index (χ1v) is 7.53. The predicted octanol–water partition coefficient (Wildman–Crippen LogP) is 2.55. The van der Waals surface area contributed by atoms with E-state index in [4.69, 9.17) is 4.42 Å². The van der Waals surface area contributed by atoms with E-state index in [0.717, 1.165) is 28.4 Å². The molecule has 1 aliphatic carbocycles. The van der Waals surface area contributed by atoms with Crippen LogP contribution in [0.1, 0.15) is 27.4 Å². The van der Waals surface area contributed by atoms with Crippen molar-refractivity contribution in [1.29, 1.82) is 0 Å². The largest absolute Gasteiger partial charge is 0.504 e. The molecule has 0 unspecified atom stereocenters. The summed E-state index contributed by atoms with van der Waals surface area (Å²) in [5.74, 6) is 0.606. The molecule has 0 spiro atoms. The van der Waals surface area contributed by atoms with Gasteiger partial charge in [0.15, 0.2) is 17.8 Å². The predicted molar refractivity (Wildman–Crippen MR) is 81.9 cm³/mol. The monoisotopic (exact) mass is 318 g/mol. The van der Waals surface area contributed by atoms with Crippen LogP contribution >= 0.6 is 11.3 Å². The van der Waals surface area contributed by atoms with Gasteiger partial charge in [0.1, 0.15) is 16.3 Å². The van der Waals surface area contributed by atoms with Crippen LogP contribution in [0, 0.1) is 6.92 Å². The first-order chi connectivity index (χ1) is 10.6. The number of aromatic hydroxyl groups is 1. The molecule has 0 atom stereocenters. The lowest BCUT2D eigenvalue weighted by molar-refractivity contribution is -0.116. The van der Waals surface area contributed by atoms with Gasteiger partial charge in [-0.05, 0) is 18.6 Å². The highest BCUT2D eigenvalue weighted by atomic mass is 32.1. The van der Waals surface area contributed by atoms with Crippen LogP contribution in [0.5, 0.6) is 5.75 Å². The molecule has 0 bridgehead atoms. The molecule has 3 rings (SSSR count). The average molecular weight is 318 g/mol. The van der Waals surface area contributed by atoms with E-state index in [9.17, 15) is 14.7 Å². The number of hydrogen-bond acceptors (Lipinski definition) is 7. The summed E-state index contributed by atoms with van der Waals surface area (Å²) in [5, 5.41) is 17.5. The first kappa shape index (κ1) is 14.4. The number of ketones is 1. The lowest BCUT2D eigenvalue weighted by Crippen LogP contribution is -2.32. The molecule has 6 nitrogen and oxygen atoms in total. The minimum Gasteiger partial charge on any atom is -0.504 e. The average Bonchev–Trinajstić information content (AvgIpc) is 3.07. The molecule has 0 amide bonds. The SMILES string of the molecule is Cc1coc(CNC2=C(Nc3csc(C=O)c3O)C(=O)C2)c1. The number of allylic oxidation sites excluding steroid dienone is 2. The van der Waals surface area contributed by atoms with E-state index in [-0.39, 0.29) is 16.4 Å². The lowest BCUT2D eigenvalue weighted by Gasteiger charge is -2.24. The number of carbonyl (C=O) groups excluding carboxylic acids is 2. The Morgan fingerprint density at radius 3 is 2.91 bits per heavy atom. The molecule has 0 aliphatic heterocycles. The van der Waals surface area contributed by atoms with Crippen molar-refractivity contribution in [1.82, 2.24) is 5.32 Å². The standard InChI is InChI=1S/C15H14N2O4S/c1-8-2-9(21-6-8)4-16-10-3-12(19)14(10)17-11-7-22-13(5-18)15(11)20/h2,5-7,16-17,20H,3-4H2,1H3. The normalized spacial score (nSPS) is 14.0. The number of aldehydes is 1. The van der Waals surface area contributed by atoms with Crippen molar-refractivity contribution in [2.45, 2.75) is 19.9 Å². The molecule has 22 heavy (non-hydrogen) atoms. The van der Waals surface area contributed by atoms with Gasteiger partial charge >= 0.3 is 0 Å². The number of Topliss-reactive ketones (excluding diaryl/α,β-unsaturated/α-hetero) is 1. The van der Waals surface area contributed by atoms with Gasteiger partial charge in [0, 0.05) is 11.1 Å². The molecule has 1 aliphatic rings. The fraction of sp³-hybridized carbons (Fsp3) is 0.200. The third-order valence-electron chi connectivity index (χ3n) is 3.34. The molecule has 0 aromatic carbocycles. The van der Waals surface area contributed by atoms with Crippen molar-refractivity contribution < 1.29 is 19.1 Å². The molecule has 2 aromatic rings. The van der Waals surface area contributed by atoms with Crippen molar-refractivity contribution in [3.05, 3.63) is 45.3 Å². The van der Waals surface area contributed by atoms with Gasteiger partial charge in [0.05, 0.1) is 24.9 Å². The fourth-order valence-corrected chi connectivity index (χ4v) is 2.84. The minimum absolute atomic E-state index is 0.0450. The highest BCUT2D eigenvalue weighted by Crippen LogP contribution is 2.35. The fourth-order valence-electron chi connectivity index (χ4n) is 2.15. The molecular formula is C15H14N2O4S. The number of furan rings is 1. The van der Waals surface area contributed by atoms with Gasteiger partial charge in [-0.15, -0.1) is 11.3 Å². The van der Waals surface area contributed by atoms with Crippen LogP contribution in [0.2, 0.25) is 0 Å². The minimum atomic E-state index is -0.131. The molecule has 0 radical (unpaired) electrons. The second-order valence-corrected chi connectivity index (χ2v) is 5.91. The van der Waals surface area contributed by atoms with E-state index in [1.165, 1.54) is 0 Å². The highest BCUT2D eigenvalue weighted by Gasteiger charge is 2.28. The zero-order valence-electron chi connectivity index (χ0n) is 11.8. The number of aryl methyl sites for hydroxylation is 1. The van der Waals surface area contributed by atoms with E-state index >= 15 is 0 Å². The van der Waals surface area contributed by atoms with Gasteiger partial charge in [0.25, 0.3) is 0 Å².